The highest BCUT2D eigenvalue weighted by molar-refractivity contribution is 7.89. The van der Waals surface area contributed by atoms with E-state index in [1.165, 1.54) is 11.3 Å². The summed E-state index contributed by atoms with van der Waals surface area (Å²) in [5.41, 5.74) is 2.62. The minimum absolute atomic E-state index is 0.165. The summed E-state index contributed by atoms with van der Waals surface area (Å²) < 4.78 is 25.9. The van der Waals surface area contributed by atoms with E-state index in [4.69, 9.17) is 0 Å². The molecule has 0 atom stereocenters. The fraction of sp³-hybridized carbons (Fsp3) is 0.700. The molecule has 2 N–H and O–H groups in total. The third-order valence-electron chi connectivity index (χ3n) is 2.31. The molecular formula is C10H19N3O2S2. The second kappa shape index (κ2) is 7.05. The van der Waals surface area contributed by atoms with E-state index < -0.39 is 10.0 Å². The highest BCUT2D eigenvalue weighted by Gasteiger charge is 2.10. The van der Waals surface area contributed by atoms with Crippen molar-refractivity contribution in [3.63, 3.8) is 0 Å². The van der Waals surface area contributed by atoms with E-state index in [-0.39, 0.29) is 5.75 Å². The van der Waals surface area contributed by atoms with Crippen LogP contribution in [0, 0.1) is 6.92 Å². The lowest BCUT2D eigenvalue weighted by molar-refractivity contribution is 0.576. The minimum atomic E-state index is -3.17. The number of aryl methyl sites for hydroxylation is 1. The van der Waals surface area contributed by atoms with Crippen molar-refractivity contribution in [3.05, 3.63) is 16.1 Å². The Bertz CT molecular complexity index is 429. The van der Waals surface area contributed by atoms with Gasteiger partial charge in [0.2, 0.25) is 10.0 Å². The van der Waals surface area contributed by atoms with E-state index >= 15 is 0 Å². The molecule has 0 aliphatic rings. The van der Waals surface area contributed by atoms with E-state index in [1.54, 1.807) is 5.51 Å². The molecule has 0 radical (unpaired) electrons. The highest BCUT2D eigenvalue weighted by Crippen LogP contribution is 2.11. The van der Waals surface area contributed by atoms with Gasteiger partial charge in [0.1, 0.15) is 0 Å². The fourth-order valence-electron chi connectivity index (χ4n) is 1.31. The van der Waals surface area contributed by atoms with Gasteiger partial charge in [-0.1, -0.05) is 6.92 Å². The van der Waals surface area contributed by atoms with Crippen molar-refractivity contribution in [3.8, 4) is 0 Å². The van der Waals surface area contributed by atoms with Crippen molar-refractivity contribution in [2.45, 2.75) is 26.8 Å². The number of rotatable bonds is 8. The number of thiazole rings is 1. The summed E-state index contributed by atoms with van der Waals surface area (Å²) in [6.07, 6.45) is 0.630. The van der Waals surface area contributed by atoms with Gasteiger partial charge in [-0.3, -0.25) is 0 Å². The molecular weight excluding hydrogens is 258 g/mol. The Labute approximate surface area is 107 Å². The molecule has 7 heteroatoms. The standard InChI is InChI=1S/C10H19N3O2S2/c1-3-11-5-4-6-17(14,15)13-7-10-9(2)12-8-16-10/h8,11,13H,3-7H2,1-2H3. The van der Waals surface area contributed by atoms with Gasteiger partial charge in [-0.05, 0) is 26.4 Å². The largest absolute Gasteiger partial charge is 0.317 e. The first-order valence-corrected chi connectivity index (χ1v) is 8.15. The molecule has 1 heterocycles. The van der Waals surface area contributed by atoms with Crippen LogP contribution < -0.4 is 10.0 Å². The van der Waals surface area contributed by atoms with E-state index in [9.17, 15) is 8.42 Å². The number of nitrogens with one attached hydrogen (secondary N) is 2. The van der Waals surface area contributed by atoms with Crippen LogP contribution >= 0.6 is 11.3 Å². The Morgan fingerprint density at radius 1 is 1.47 bits per heavy atom. The number of hydrogen-bond acceptors (Lipinski definition) is 5. The van der Waals surface area contributed by atoms with Crippen LogP contribution in [0.4, 0.5) is 0 Å². The van der Waals surface area contributed by atoms with Gasteiger partial charge in [0, 0.05) is 11.4 Å². The molecule has 0 unspecified atom stereocenters. The van der Waals surface area contributed by atoms with Crippen LogP contribution in [0.15, 0.2) is 5.51 Å². The topological polar surface area (TPSA) is 71.1 Å². The molecule has 0 fully saturated rings. The molecule has 0 spiro atoms. The molecule has 0 aromatic carbocycles. The van der Waals surface area contributed by atoms with Crippen molar-refractivity contribution in [2.24, 2.45) is 0 Å². The van der Waals surface area contributed by atoms with Crippen LogP contribution in [0.1, 0.15) is 23.9 Å². The first kappa shape index (κ1) is 14.6. The minimum Gasteiger partial charge on any atom is -0.317 e. The molecule has 1 aromatic rings. The predicted octanol–water partition coefficient (Wildman–Crippen LogP) is 0.871. The van der Waals surface area contributed by atoms with Crippen LogP contribution in [0.3, 0.4) is 0 Å². The van der Waals surface area contributed by atoms with Gasteiger partial charge in [0.05, 0.1) is 17.0 Å². The third-order valence-corrected chi connectivity index (χ3v) is 4.66. The van der Waals surface area contributed by atoms with Crippen molar-refractivity contribution in [2.75, 3.05) is 18.8 Å². The maximum absolute atomic E-state index is 11.6. The summed E-state index contributed by atoms with van der Waals surface area (Å²) in [6, 6.07) is 0. The van der Waals surface area contributed by atoms with Crippen molar-refractivity contribution in [1.29, 1.82) is 0 Å². The molecule has 0 bridgehead atoms. The Balaban J connectivity index is 2.32. The molecule has 0 saturated heterocycles. The van der Waals surface area contributed by atoms with Crippen LogP contribution in [0.2, 0.25) is 0 Å². The average Bonchev–Trinajstić information content (AvgIpc) is 2.68. The van der Waals surface area contributed by atoms with Crippen LogP contribution in [-0.4, -0.2) is 32.2 Å². The molecule has 17 heavy (non-hydrogen) atoms. The van der Waals surface area contributed by atoms with E-state index in [0.29, 0.717) is 13.0 Å². The molecule has 0 amide bonds. The first-order valence-electron chi connectivity index (χ1n) is 5.62. The number of sulfonamides is 1. The van der Waals surface area contributed by atoms with Gasteiger partial charge < -0.3 is 5.32 Å². The zero-order valence-electron chi connectivity index (χ0n) is 10.2. The van der Waals surface area contributed by atoms with Gasteiger partial charge in [0.15, 0.2) is 0 Å². The first-order chi connectivity index (χ1) is 8.05. The highest BCUT2D eigenvalue weighted by atomic mass is 32.2. The molecule has 0 aliphatic heterocycles. The molecule has 1 aromatic heterocycles. The van der Waals surface area contributed by atoms with Gasteiger partial charge >= 0.3 is 0 Å². The lowest BCUT2D eigenvalue weighted by atomic mass is 10.4. The van der Waals surface area contributed by atoms with Gasteiger partial charge in [-0.2, -0.15) is 0 Å². The summed E-state index contributed by atoms with van der Waals surface area (Å²) in [6.45, 7) is 5.83. The monoisotopic (exact) mass is 277 g/mol. The van der Waals surface area contributed by atoms with Crippen molar-refractivity contribution in [1.82, 2.24) is 15.0 Å². The average molecular weight is 277 g/mol. The Morgan fingerprint density at radius 2 is 2.24 bits per heavy atom. The normalized spacial score (nSPS) is 11.9. The smallest absolute Gasteiger partial charge is 0.211 e. The van der Waals surface area contributed by atoms with Crippen LogP contribution in [0.25, 0.3) is 0 Å². The maximum Gasteiger partial charge on any atom is 0.211 e. The van der Waals surface area contributed by atoms with Crippen molar-refractivity contribution >= 4 is 21.4 Å². The fourth-order valence-corrected chi connectivity index (χ4v) is 3.15. The summed E-state index contributed by atoms with van der Waals surface area (Å²) in [5, 5.41) is 3.10. The molecule has 0 aliphatic carbocycles. The summed E-state index contributed by atoms with van der Waals surface area (Å²) in [7, 11) is -3.17. The van der Waals surface area contributed by atoms with Gasteiger partial charge in [-0.25, -0.2) is 18.1 Å². The summed E-state index contributed by atoms with van der Waals surface area (Å²) in [5.74, 6) is 0.165. The van der Waals surface area contributed by atoms with E-state index in [1.807, 2.05) is 13.8 Å². The van der Waals surface area contributed by atoms with E-state index in [2.05, 4.69) is 15.0 Å². The molecule has 1 rings (SSSR count). The lowest BCUT2D eigenvalue weighted by Crippen LogP contribution is -2.27. The second-order valence-electron chi connectivity index (χ2n) is 3.71. The van der Waals surface area contributed by atoms with Gasteiger partial charge in [-0.15, -0.1) is 11.3 Å². The molecule has 5 nitrogen and oxygen atoms in total. The second-order valence-corrected chi connectivity index (χ2v) is 6.57. The third kappa shape index (κ3) is 5.58. The quantitative estimate of drug-likeness (QED) is 0.692. The SMILES string of the molecule is CCNCCCS(=O)(=O)NCc1scnc1C. The zero-order valence-corrected chi connectivity index (χ0v) is 11.8. The Kier molecular flexibility index (Phi) is 6.04. The molecule has 0 saturated carbocycles. The van der Waals surface area contributed by atoms with Gasteiger partial charge in [0.25, 0.3) is 0 Å². The summed E-state index contributed by atoms with van der Waals surface area (Å²) in [4.78, 5) is 5.05. The predicted molar refractivity (Wildman–Crippen MR) is 70.6 cm³/mol. The number of aromatic nitrogens is 1. The Hall–Kier alpha value is -0.500. The zero-order chi connectivity index (χ0) is 12.7. The summed E-state index contributed by atoms with van der Waals surface area (Å²) >= 11 is 1.47. The van der Waals surface area contributed by atoms with E-state index in [0.717, 1.165) is 23.7 Å². The molecule has 98 valence electrons. The van der Waals surface area contributed by atoms with Crippen LogP contribution in [-0.2, 0) is 16.6 Å². The Morgan fingerprint density at radius 3 is 2.82 bits per heavy atom. The van der Waals surface area contributed by atoms with Crippen LogP contribution in [0.5, 0.6) is 0 Å². The van der Waals surface area contributed by atoms with Crippen molar-refractivity contribution < 1.29 is 8.42 Å². The number of nitrogens with zero attached hydrogens (tertiary/aromatic N) is 1. The maximum atomic E-state index is 11.6. The number of hydrogen-bond donors (Lipinski definition) is 2. The lowest BCUT2D eigenvalue weighted by Gasteiger charge is -2.06.